The third-order valence-corrected chi connectivity index (χ3v) is 14.8. The fourth-order valence-electron chi connectivity index (χ4n) is 11.0. The number of hydrogen-bond donors (Lipinski definition) is 0. The van der Waals surface area contributed by atoms with Gasteiger partial charge in [-0.15, -0.1) is 11.3 Å². The highest BCUT2D eigenvalue weighted by Crippen LogP contribution is 2.56. The largest absolute Gasteiger partial charge is 0.134 e. The number of benzene rings is 11. The van der Waals surface area contributed by atoms with Gasteiger partial charge in [-0.3, -0.25) is 0 Å². The van der Waals surface area contributed by atoms with Gasteiger partial charge in [-0.2, -0.15) is 0 Å². The van der Waals surface area contributed by atoms with Gasteiger partial charge in [0, 0.05) is 31.2 Å². The standard InChI is InChI=1S/C59H38S/c1-59(2)50-29-14-13-27-48(50)56-51(59)32-33-52-57(56)49-34-36-17-4-6-20-38(36)55(58(49)60-52)47-31-30-46(39-21-7-8-22-40(39)47)54-44-25-11-9-23-42(44)53(43-24-10-12-26-45(43)54)41-28-15-18-35-16-3-5-19-37(35)41/h3-34H,1-2H3. The molecule has 0 amide bonds. The number of rotatable bonds is 3. The zero-order valence-electron chi connectivity index (χ0n) is 33.4. The van der Waals surface area contributed by atoms with Gasteiger partial charge in [-0.1, -0.05) is 196 Å². The van der Waals surface area contributed by atoms with E-state index in [1.807, 2.05) is 11.3 Å². The second-order valence-corrected chi connectivity index (χ2v) is 18.1. The Hall–Kier alpha value is -7.06. The van der Waals surface area contributed by atoms with E-state index in [2.05, 4.69) is 208 Å². The van der Waals surface area contributed by atoms with Gasteiger partial charge in [0.25, 0.3) is 0 Å². The molecule has 0 fully saturated rings. The minimum Gasteiger partial charge on any atom is -0.134 e. The van der Waals surface area contributed by atoms with Gasteiger partial charge in [0.05, 0.1) is 0 Å². The van der Waals surface area contributed by atoms with Gasteiger partial charge in [0.15, 0.2) is 0 Å². The summed E-state index contributed by atoms with van der Waals surface area (Å²) in [5.41, 5.74) is 13.3. The van der Waals surface area contributed by atoms with Crippen LogP contribution in [0.25, 0.3) is 119 Å². The molecular weight excluding hydrogens is 741 g/mol. The molecule has 0 radical (unpaired) electrons. The molecule has 0 nitrogen and oxygen atoms in total. The normalized spacial score (nSPS) is 13.3. The zero-order chi connectivity index (χ0) is 39.7. The Balaban J connectivity index is 1.12. The number of fused-ring (bicyclic) bond motifs is 12. The zero-order valence-corrected chi connectivity index (χ0v) is 34.2. The smallest absolute Gasteiger partial charge is 0.0440 e. The molecule has 0 aliphatic heterocycles. The van der Waals surface area contributed by atoms with Crippen LogP contribution in [0.2, 0.25) is 0 Å². The van der Waals surface area contributed by atoms with Gasteiger partial charge in [-0.05, 0) is 116 Å². The minimum absolute atomic E-state index is 0.0540. The molecule has 1 heterocycles. The van der Waals surface area contributed by atoms with Crippen LogP contribution in [0, 0.1) is 0 Å². The monoisotopic (exact) mass is 778 g/mol. The van der Waals surface area contributed by atoms with Crippen LogP contribution in [0.5, 0.6) is 0 Å². The molecule has 0 N–H and O–H groups in total. The van der Waals surface area contributed by atoms with E-state index in [-0.39, 0.29) is 5.41 Å². The molecule has 1 aliphatic rings. The molecule has 280 valence electrons. The Kier molecular flexibility index (Phi) is 7.04. The van der Waals surface area contributed by atoms with Crippen LogP contribution in [0.4, 0.5) is 0 Å². The van der Waals surface area contributed by atoms with Gasteiger partial charge in [0.2, 0.25) is 0 Å². The summed E-state index contributed by atoms with van der Waals surface area (Å²) in [6.07, 6.45) is 0. The van der Waals surface area contributed by atoms with Crippen molar-refractivity contribution < 1.29 is 0 Å². The molecule has 0 atom stereocenters. The van der Waals surface area contributed by atoms with Crippen molar-refractivity contribution in [2.24, 2.45) is 0 Å². The lowest BCUT2D eigenvalue weighted by atomic mass is 9.82. The Morgan fingerprint density at radius 3 is 1.47 bits per heavy atom. The van der Waals surface area contributed by atoms with Crippen molar-refractivity contribution >= 4 is 85.4 Å². The summed E-state index contributed by atoms with van der Waals surface area (Å²) in [4.78, 5) is 0. The first kappa shape index (κ1) is 33.9. The van der Waals surface area contributed by atoms with Crippen molar-refractivity contribution in [3.63, 3.8) is 0 Å². The predicted octanol–water partition coefficient (Wildman–Crippen LogP) is 17.1. The lowest BCUT2D eigenvalue weighted by Gasteiger charge is -2.21. The van der Waals surface area contributed by atoms with Gasteiger partial charge in [0.1, 0.15) is 0 Å². The van der Waals surface area contributed by atoms with E-state index in [4.69, 9.17) is 0 Å². The molecule has 0 spiro atoms. The highest BCUT2D eigenvalue weighted by Gasteiger charge is 2.37. The van der Waals surface area contributed by atoms with Crippen LogP contribution in [-0.2, 0) is 5.41 Å². The van der Waals surface area contributed by atoms with Crippen molar-refractivity contribution in [1.82, 2.24) is 0 Å². The van der Waals surface area contributed by atoms with Crippen LogP contribution in [0.3, 0.4) is 0 Å². The topological polar surface area (TPSA) is 0 Å². The van der Waals surface area contributed by atoms with E-state index < -0.39 is 0 Å². The first-order chi connectivity index (χ1) is 29.6. The second kappa shape index (κ2) is 12.5. The highest BCUT2D eigenvalue weighted by molar-refractivity contribution is 7.26. The third kappa shape index (κ3) is 4.56. The summed E-state index contributed by atoms with van der Waals surface area (Å²) in [7, 11) is 0. The number of hydrogen-bond acceptors (Lipinski definition) is 1. The van der Waals surface area contributed by atoms with Crippen molar-refractivity contribution in [3.05, 3.63) is 205 Å². The van der Waals surface area contributed by atoms with Crippen LogP contribution in [-0.4, -0.2) is 0 Å². The van der Waals surface area contributed by atoms with Gasteiger partial charge in [-0.25, -0.2) is 0 Å². The van der Waals surface area contributed by atoms with E-state index in [9.17, 15) is 0 Å². The molecule has 11 aromatic carbocycles. The Morgan fingerprint density at radius 2 is 0.800 bits per heavy atom. The third-order valence-electron chi connectivity index (χ3n) is 13.6. The average Bonchev–Trinajstić information content (AvgIpc) is 3.78. The fraction of sp³-hybridized carbons (Fsp3) is 0.0508. The molecular formula is C59H38S. The summed E-state index contributed by atoms with van der Waals surface area (Å²) in [5.74, 6) is 0. The van der Waals surface area contributed by atoms with Gasteiger partial charge < -0.3 is 0 Å². The van der Waals surface area contributed by atoms with Crippen LogP contribution < -0.4 is 0 Å². The summed E-state index contributed by atoms with van der Waals surface area (Å²) in [6, 6.07) is 72.9. The van der Waals surface area contributed by atoms with Crippen LogP contribution >= 0.6 is 11.3 Å². The number of thiophene rings is 1. The maximum absolute atomic E-state index is 2.47. The molecule has 0 saturated heterocycles. The molecule has 12 aromatic rings. The summed E-state index contributed by atoms with van der Waals surface area (Å²) in [5, 5.41) is 15.5. The van der Waals surface area contributed by atoms with Crippen LogP contribution in [0.1, 0.15) is 25.0 Å². The molecule has 0 saturated carbocycles. The fourth-order valence-corrected chi connectivity index (χ4v) is 12.3. The first-order valence-corrected chi connectivity index (χ1v) is 21.8. The van der Waals surface area contributed by atoms with E-state index in [0.29, 0.717) is 0 Å². The molecule has 1 heteroatoms. The van der Waals surface area contributed by atoms with E-state index in [1.165, 1.54) is 130 Å². The molecule has 13 rings (SSSR count). The van der Waals surface area contributed by atoms with Crippen molar-refractivity contribution in [1.29, 1.82) is 0 Å². The first-order valence-electron chi connectivity index (χ1n) is 21.0. The molecule has 1 aromatic heterocycles. The van der Waals surface area contributed by atoms with E-state index in [1.54, 1.807) is 0 Å². The minimum atomic E-state index is -0.0540. The Morgan fingerprint density at radius 1 is 0.317 bits per heavy atom. The SMILES string of the molecule is CC1(C)c2ccccc2-c2c1ccc1sc3c(-c4ccc(-c5c6ccccc6c(-c6cccc7ccccc67)c6ccccc56)c5ccccc45)c4ccccc4cc3c21. The Labute approximate surface area is 352 Å². The van der Waals surface area contributed by atoms with E-state index in [0.717, 1.165) is 0 Å². The second-order valence-electron chi connectivity index (χ2n) is 17.1. The van der Waals surface area contributed by atoms with Crippen molar-refractivity contribution in [2.45, 2.75) is 19.3 Å². The van der Waals surface area contributed by atoms with Crippen LogP contribution in [0.15, 0.2) is 194 Å². The lowest BCUT2D eigenvalue weighted by Crippen LogP contribution is -2.14. The highest BCUT2D eigenvalue weighted by atomic mass is 32.1. The summed E-state index contributed by atoms with van der Waals surface area (Å²) < 4.78 is 2.70. The quantitative estimate of drug-likeness (QED) is 0.157. The van der Waals surface area contributed by atoms with Crippen molar-refractivity contribution in [3.8, 4) is 44.5 Å². The average molecular weight is 779 g/mol. The van der Waals surface area contributed by atoms with Crippen molar-refractivity contribution in [2.75, 3.05) is 0 Å². The molecule has 60 heavy (non-hydrogen) atoms. The maximum atomic E-state index is 2.47. The predicted molar refractivity (Wildman–Crippen MR) is 261 cm³/mol. The Bertz CT molecular complexity index is 3740. The molecule has 0 bridgehead atoms. The molecule has 0 unspecified atom stereocenters. The maximum Gasteiger partial charge on any atom is 0.0440 e. The lowest BCUT2D eigenvalue weighted by molar-refractivity contribution is 0.661. The summed E-state index contributed by atoms with van der Waals surface area (Å²) >= 11 is 1.95. The summed E-state index contributed by atoms with van der Waals surface area (Å²) in [6.45, 7) is 4.77. The van der Waals surface area contributed by atoms with Gasteiger partial charge >= 0.3 is 0 Å². The van der Waals surface area contributed by atoms with E-state index >= 15 is 0 Å². The molecule has 1 aliphatic carbocycles.